The Morgan fingerprint density at radius 3 is 2.45 bits per heavy atom. The number of anilines is 1. The Morgan fingerprint density at radius 1 is 1.15 bits per heavy atom. The molecule has 0 saturated carbocycles. The largest absolute Gasteiger partial charge is 0.377 e. The Hall–Kier alpha value is -0.810. The van der Waals surface area contributed by atoms with Crippen LogP contribution in [0, 0.1) is 5.82 Å². The maximum absolute atomic E-state index is 13.5. The van der Waals surface area contributed by atoms with Crippen molar-refractivity contribution in [2.45, 2.75) is 6.04 Å². The summed E-state index contributed by atoms with van der Waals surface area (Å²) in [5, 5.41) is 3.95. The van der Waals surface area contributed by atoms with Crippen LogP contribution in [0.3, 0.4) is 0 Å². The van der Waals surface area contributed by atoms with E-state index in [9.17, 15) is 4.39 Å². The first kappa shape index (κ1) is 15.6. The van der Waals surface area contributed by atoms with Crippen LogP contribution in [-0.2, 0) is 0 Å². The molecule has 2 nitrogen and oxygen atoms in total. The summed E-state index contributed by atoms with van der Waals surface area (Å²) in [4.78, 5) is 0. The zero-order valence-electron chi connectivity index (χ0n) is 10.3. The molecule has 0 aliphatic heterocycles. The van der Waals surface area contributed by atoms with Crippen molar-refractivity contribution < 1.29 is 4.39 Å². The van der Waals surface area contributed by atoms with Crippen molar-refractivity contribution in [2.24, 2.45) is 5.73 Å². The maximum Gasteiger partial charge on any atom is 0.142 e. The van der Waals surface area contributed by atoms with Gasteiger partial charge in [-0.3, -0.25) is 0 Å². The van der Waals surface area contributed by atoms with E-state index in [1.807, 2.05) is 12.1 Å². The normalized spacial score (nSPS) is 12.2. The molecule has 0 bridgehead atoms. The molecule has 0 aliphatic rings. The van der Waals surface area contributed by atoms with E-state index in [0.717, 1.165) is 15.7 Å². The number of hydrogen-bond donors (Lipinski definition) is 2. The standard InChI is InChI=1S/C14H12BrCl2FN2/c15-10-6-9(2-4-11(10)16)20-14(7-19)8-1-3-12(17)13(18)5-8/h1-6,14,20H,7,19H2. The smallest absolute Gasteiger partial charge is 0.142 e. The SMILES string of the molecule is NCC(Nc1ccc(Cl)c(Br)c1)c1ccc(Cl)c(F)c1. The lowest BCUT2D eigenvalue weighted by Crippen LogP contribution is -2.20. The summed E-state index contributed by atoms with van der Waals surface area (Å²) >= 11 is 15.0. The minimum Gasteiger partial charge on any atom is -0.377 e. The first-order chi connectivity index (χ1) is 9.51. The second-order valence-corrected chi connectivity index (χ2v) is 5.90. The van der Waals surface area contributed by atoms with E-state index >= 15 is 0 Å². The van der Waals surface area contributed by atoms with Crippen LogP contribution in [0.2, 0.25) is 10.0 Å². The quantitative estimate of drug-likeness (QED) is 0.786. The number of nitrogens with one attached hydrogen (secondary N) is 1. The van der Waals surface area contributed by atoms with Crippen LogP contribution in [0.15, 0.2) is 40.9 Å². The van der Waals surface area contributed by atoms with Gasteiger partial charge in [0.15, 0.2) is 0 Å². The highest BCUT2D eigenvalue weighted by atomic mass is 79.9. The van der Waals surface area contributed by atoms with Gasteiger partial charge in [0.05, 0.1) is 16.1 Å². The first-order valence-electron chi connectivity index (χ1n) is 5.88. The average Bonchev–Trinajstić information content (AvgIpc) is 2.43. The highest BCUT2D eigenvalue weighted by Crippen LogP contribution is 2.28. The fourth-order valence-corrected chi connectivity index (χ4v) is 2.41. The molecule has 0 fully saturated rings. The van der Waals surface area contributed by atoms with Crippen LogP contribution in [-0.4, -0.2) is 6.54 Å². The van der Waals surface area contributed by atoms with Crippen LogP contribution in [0.25, 0.3) is 0 Å². The summed E-state index contributed by atoms with van der Waals surface area (Å²) in [6.45, 7) is 0.321. The molecule has 0 aromatic heterocycles. The molecular formula is C14H12BrCl2FN2. The van der Waals surface area contributed by atoms with E-state index in [2.05, 4.69) is 21.2 Å². The molecule has 106 valence electrons. The van der Waals surface area contributed by atoms with Crippen LogP contribution >= 0.6 is 39.1 Å². The van der Waals surface area contributed by atoms with Crippen LogP contribution < -0.4 is 11.1 Å². The molecule has 2 aromatic carbocycles. The van der Waals surface area contributed by atoms with Gasteiger partial charge in [0.25, 0.3) is 0 Å². The molecule has 6 heteroatoms. The Morgan fingerprint density at radius 2 is 1.85 bits per heavy atom. The summed E-state index contributed by atoms with van der Waals surface area (Å²) in [6, 6.07) is 9.89. The minimum atomic E-state index is -0.457. The maximum atomic E-state index is 13.5. The number of halogens is 4. The number of nitrogens with two attached hydrogens (primary N) is 1. The third kappa shape index (κ3) is 3.64. The highest BCUT2D eigenvalue weighted by Gasteiger charge is 2.12. The zero-order valence-corrected chi connectivity index (χ0v) is 13.4. The highest BCUT2D eigenvalue weighted by molar-refractivity contribution is 9.10. The van der Waals surface area contributed by atoms with Crippen molar-refractivity contribution in [3.63, 3.8) is 0 Å². The molecule has 3 N–H and O–H groups in total. The number of benzene rings is 2. The fourth-order valence-electron chi connectivity index (χ4n) is 1.79. The molecule has 0 saturated heterocycles. The molecule has 2 aromatic rings. The molecular weight excluding hydrogens is 366 g/mol. The zero-order chi connectivity index (χ0) is 14.7. The fraction of sp³-hybridized carbons (Fsp3) is 0.143. The van der Waals surface area contributed by atoms with Gasteiger partial charge in [-0.15, -0.1) is 0 Å². The van der Waals surface area contributed by atoms with Gasteiger partial charge in [-0.05, 0) is 51.8 Å². The summed E-state index contributed by atoms with van der Waals surface area (Å²) < 4.78 is 14.3. The van der Waals surface area contributed by atoms with Gasteiger partial charge in [0.2, 0.25) is 0 Å². The van der Waals surface area contributed by atoms with Gasteiger partial charge in [-0.1, -0.05) is 29.3 Å². The van der Waals surface area contributed by atoms with Crippen molar-refractivity contribution >= 4 is 44.8 Å². The molecule has 0 amide bonds. The Balaban J connectivity index is 2.23. The van der Waals surface area contributed by atoms with Crippen molar-refractivity contribution in [3.05, 3.63) is 62.3 Å². The van der Waals surface area contributed by atoms with Crippen molar-refractivity contribution in [3.8, 4) is 0 Å². The monoisotopic (exact) mass is 376 g/mol. The Kier molecular flexibility index (Phi) is 5.27. The summed E-state index contributed by atoms with van der Waals surface area (Å²) in [5.74, 6) is -0.457. The second-order valence-electron chi connectivity index (χ2n) is 4.24. The van der Waals surface area contributed by atoms with Gasteiger partial charge in [0.1, 0.15) is 5.82 Å². The van der Waals surface area contributed by atoms with Gasteiger partial charge in [-0.2, -0.15) is 0 Å². The topological polar surface area (TPSA) is 38.0 Å². The molecule has 20 heavy (non-hydrogen) atoms. The molecule has 0 aliphatic carbocycles. The second kappa shape index (κ2) is 6.76. The molecule has 0 spiro atoms. The molecule has 0 heterocycles. The Labute approximate surface area is 135 Å². The van der Waals surface area contributed by atoms with E-state index in [4.69, 9.17) is 28.9 Å². The van der Waals surface area contributed by atoms with E-state index < -0.39 is 5.82 Å². The van der Waals surface area contributed by atoms with Crippen LogP contribution in [0.4, 0.5) is 10.1 Å². The van der Waals surface area contributed by atoms with Crippen molar-refractivity contribution in [1.29, 1.82) is 0 Å². The van der Waals surface area contributed by atoms with E-state index in [-0.39, 0.29) is 11.1 Å². The van der Waals surface area contributed by atoms with Crippen LogP contribution in [0.5, 0.6) is 0 Å². The Bertz CT molecular complexity index is 622. The van der Waals surface area contributed by atoms with Gasteiger partial charge in [0, 0.05) is 16.7 Å². The van der Waals surface area contributed by atoms with Crippen molar-refractivity contribution in [1.82, 2.24) is 0 Å². The third-order valence-electron chi connectivity index (χ3n) is 2.84. The first-order valence-corrected chi connectivity index (χ1v) is 7.42. The summed E-state index contributed by atoms with van der Waals surface area (Å²) in [6.07, 6.45) is 0. The molecule has 1 unspecified atom stereocenters. The lowest BCUT2D eigenvalue weighted by molar-refractivity contribution is 0.623. The molecule has 1 atom stereocenters. The van der Waals surface area contributed by atoms with Gasteiger partial charge >= 0.3 is 0 Å². The molecule has 2 rings (SSSR count). The van der Waals surface area contributed by atoms with E-state index in [1.54, 1.807) is 12.1 Å². The summed E-state index contributed by atoms with van der Waals surface area (Å²) in [7, 11) is 0. The number of hydrogen-bond acceptors (Lipinski definition) is 2. The predicted molar refractivity (Wildman–Crippen MR) is 86.0 cm³/mol. The van der Waals surface area contributed by atoms with Gasteiger partial charge < -0.3 is 11.1 Å². The summed E-state index contributed by atoms with van der Waals surface area (Å²) in [5.41, 5.74) is 7.33. The lowest BCUT2D eigenvalue weighted by Gasteiger charge is -2.19. The van der Waals surface area contributed by atoms with Crippen LogP contribution in [0.1, 0.15) is 11.6 Å². The lowest BCUT2D eigenvalue weighted by atomic mass is 10.1. The van der Waals surface area contributed by atoms with Gasteiger partial charge in [-0.25, -0.2) is 4.39 Å². The van der Waals surface area contributed by atoms with Crippen molar-refractivity contribution in [2.75, 3.05) is 11.9 Å². The predicted octanol–water partition coefficient (Wildman–Crippen LogP) is 5.01. The number of rotatable bonds is 4. The van der Waals surface area contributed by atoms with E-state index in [1.165, 1.54) is 12.1 Å². The van der Waals surface area contributed by atoms with E-state index in [0.29, 0.717) is 11.6 Å². The molecule has 0 radical (unpaired) electrons. The average molecular weight is 378 g/mol. The minimum absolute atomic E-state index is 0.0961. The third-order valence-corrected chi connectivity index (χ3v) is 4.36.